The summed E-state index contributed by atoms with van der Waals surface area (Å²) >= 11 is 0. The third-order valence-corrected chi connectivity index (χ3v) is 11.7. The third kappa shape index (κ3) is 8.27. The van der Waals surface area contributed by atoms with Gasteiger partial charge in [0.2, 0.25) is 0 Å². The topological polar surface area (TPSA) is 33.6 Å². The van der Waals surface area contributed by atoms with Crippen LogP contribution in [-0.2, 0) is 37.1 Å². The van der Waals surface area contributed by atoms with E-state index in [4.69, 9.17) is 0 Å². The lowest BCUT2D eigenvalue weighted by Gasteiger charge is -2.21. The Bertz CT molecular complexity index is 3470. The summed E-state index contributed by atoms with van der Waals surface area (Å²) in [5.74, 6) is 0. The largest absolute Gasteiger partial charge is 0.416 e. The lowest BCUT2D eigenvalue weighted by Crippen LogP contribution is -2.11. The van der Waals surface area contributed by atoms with E-state index in [1.54, 1.807) is 0 Å². The van der Waals surface area contributed by atoms with Gasteiger partial charge in [-0.25, -0.2) is 0 Å². The van der Waals surface area contributed by atoms with Crippen LogP contribution < -0.4 is 0 Å². The lowest BCUT2D eigenvalue weighted by atomic mass is 9.94. The minimum absolute atomic E-state index is 0.104. The van der Waals surface area contributed by atoms with Gasteiger partial charge in [0.15, 0.2) is 0 Å². The van der Waals surface area contributed by atoms with Crippen LogP contribution in [0.25, 0.3) is 77.2 Å². The molecule has 0 bridgehead atoms. The maximum absolute atomic E-state index is 14.2. The van der Waals surface area contributed by atoms with E-state index in [-0.39, 0.29) is 67.0 Å². The molecule has 2 heterocycles. The summed E-state index contributed by atoms with van der Waals surface area (Å²) in [6, 6.07) is 17.6. The molecular weight excluding hydrogens is 973 g/mol. The van der Waals surface area contributed by atoms with E-state index in [2.05, 4.69) is 0 Å². The monoisotopic (exact) mass is 993 g/mol. The van der Waals surface area contributed by atoms with Crippen LogP contribution in [0.4, 0.5) is 79.0 Å². The molecule has 7 aromatic carbocycles. The fourth-order valence-electron chi connectivity index (χ4n) is 8.53. The van der Waals surface area contributed by atoms with Gasteiger partial charge in [0.25, 0.3) is 0 Å². The van der Waals surface area contributed by atoms with Gasteiger partial charge in [-0.05, 0) is 120 Å². The molecular formula is C49H21F18N3. The molecule has 9 rings (SSSR count). The predicted octanol–water partition coefficient (Wildman–Crippen LogP) is 17.2. The van der Waals surface area contributed by atoms with E-state index in [9.17, 15) is 84.3 Å². The molecule has 0 amide bonds. The van der Waals surface area contributed by atoms with Crippen molar-refractivity contribution in [2.75, 3.05) is 0 Å². The van der Waals surface area contributed by atoms with Crippen molar-refractivity contribution in [3.05, 3.63) is 166 Å². The summed E-state index contributed by atoms with van der Waals surface area (Å²) in [5, 5.41) is 8.45. The first-order valence-corrected chi connectivity index (χ1v) is 19.9. The Hall–Kier alpha value is -7.63. The second kappa shape index (κ2) is 15.7. The van der Waals surface area contributed by atoms with Gasteiger partial charge in [-0.15, -0.1) is 0 Å². The van der Waals surface area contributed by atoms with Crippen LogP contribution in [0.5, 0.6) is 0 Å². The molecule has 0 aliphatic rings. The smallest absolute Gasteiger partial charge is 0.309 e. The molecule has 0 aliphatic heterocycles. The van der Waals surface area contributed by atoms with Crippen LogP contribution in [0.2, 0.25) is 0 Å². The average Bonchev–Trinajstić information content (AvgIpc) is 3.78. The van der Waals surface area contributed by atoms with Crippen molar-refractivity contribution >= 4 is 43.6 Å². The van der Waals surface area contributed by atoms with Crippen molar-refractivity contribution in [1.82, 2.24) is 9.13 Å². The van der Waals surface area contributed by atoms with Crippen LogP contribution in [0.3, 0.4) is 0 Å². The number of benzene rings is 7. The highest BCUT2D eigenvalue weighted by Gasteiger charge is 2.39. The number of fused-ring (bicyclic) bond motifs is 6. The van der Waals surface area contributed by atoms with Crippen molar-refractivity contribution in [2.45, 2.75) is 37.1 Å². The van der Waals surface area contributed by atoms with Gasteiger partial charge in [-0.3, -0.25) is 0 Å². The summed E-state index contributed by atoms with van der Waals surface area (Å²) in [6.07, 6.45) is -30.8. The number of alkyl halides is 18. The Morgan fingerprint density at radius 3 is 0.929 bits per heavy atom. The number of hydrogen-bond donors (Lipinski definition) is 0. The van der Waals surface area contributed by atoms with Crippen molar-refractivity contribution in [3.63, 3.8) is 0 Å². The maximum Gasteiger partial charge on any atom is 0.416 e. The summed E-state index contributed by atoms with van der Waals surface area (Å²) in [7, 11) is 0. The predicted molar refractivity (Wildman–Crippen MR) is 221 cm³/mol. The zero-order chi connectivity index (χ0) is 50.8. The van der Waals surface area contributed by atoms with Crippen molar-refractivity contribution in [2.24, 2.45) is 0 Å². The minimum atomic E-state index is -5.35. The molecule has 21 heteroatoms. The average molecular weight is 994 g/mol. The van der Waals surface area contributed by atoms with Crippen molar-refractivity contribution in [1.29, 1.82) is 5.26 Å². The number of aromatic nitrogens is 2. The summed E-state index contributed by atoms with van der Waals surface area (Å²) in [5.41, 5.74) is -11.6. The molecule has 9 aromatic rings. The summed E-state index contributed by atoms with van der Waals surface area (Å²) < 4.78 is 257. The first-order valence-electron chi connectivity index (χ1n) is 19.9. The molecule has 358 valence electrons. The zero-order valence-electron chi connectivity index (χ0n) is 34.3. The Labute approximate surface area is 379 Å². The van der Waals surface area contributed by atoms with Crippen LogP contribution in [-0.4, -0.2) is 9.13 Å². The van der Waals surface area contributed by atoms with Crippen LogP contribution in [0, 0.1) is 11.3 Å². The number of rotatable bonds is 4. The van der Waals surface area contributed by atoms with Gasteiger partial charge in [-0.2, -0.15) is 84.3 Å². The zero-order valence-corrected chi connectivity index (χ0v) is 34.3. The van der Waals surface area contributed by atoms with E-state index >= 15 is 0 Å². The van der Waals surface area contributed by atoms with Gasteiger partial charge >= 0.3 is 37.1 Å². The SMILES string of the molecule is N#Cc1ccc(-c2ccc(-c3cc(C(F)(F)F)cc(C(F)(F)F)c3)cc2-n2c3ccc(C(F)(F)F)cc3c3cc(C(F)(F)F)ccc32)c(-n2c3ccc(C(F)(F)F)cc3c3cc(C(F)(F)F)ccc32)c1. The van der Waals surface area contributed by atoms with E-state index in [1.165, 1.54) is 22.8 Å². The maximum atomic E-state index is 14.2. The van der Waals surface area contributed by atoms with Crippen molar-refractivity contribution < 1.29 is 79.0 Å². The highest BCUT2D eigenvalue weighted by Crippen LogP contribution is 2.47. The highest BCUT2D eigenvalue weighted by atomic mass is 19.4. The molecule has 0 N–H and O–H groups in total. The molecule has 0 spiro atoms. The van der Waals surface area contributed by atoms with Gasteiger partial charge in [-0.1, -0.05) is 18.2 Å². The normalized spacial score (nSPS) is 13.3. The number of halogens is 18. The van der Waals surface area contributed by atoms with E-state index in [1.807, 2.05) is 6.07 Å². The molecule has 0 saturated heterocycles. The molecule has 2 aromatic heterocycles. The van der Waals surface area contributed by atoms with E-state index in [0.717, 1.165) is 47.0 Å². The Morgan fingerprint density at radius 2 is 0.614 bits per heavy atom. The molecule has 0 fully saturated rings. The molecule has 0 unspecified atom stereocenters. The minimum Gasteiger partial charge on any atom is -0.309 e. The van der Waals surface area contributed by atoms with Crippen LogP contribution in [0.15, 0.2) is 127 Å². The van der Waals surface area contributed by atoms with Crippen LogP contribution >= 0.6 is 0 Å². The van der Waals surface area contributed by atoms with E-state index in [0.29, 0.717) is 60.7 Å². The van der Waals surface area contributed by atoms with Gasteiger partial charge in [0.1, 0.15) is 0 Å². The van der Waals surface area contributed by atoms with Gasteiger partial charge < -0.3 is 9.13 Å². The molecule has 0 saturated carbocycles. The first-order chi connectivity index (χ1) is 32.4. The van der Waals surface area contributed by atoms with Crippen molar-refractivity contribution in [3.8, 4) is 39.7 Å². The number of nitrogens with zero attached hydrogens (tertiary/aromatic N) is 3. The van der Waals surface area contributed by atoms with Gasteiger partial charge in [0.05, 0.1) is 78.5 Å². The molecule has 70 heavy (non-hydrogen) atoms. The standard InChI is InChI=1S/C49H21F18N3/c50-44(51,52)26-3-9-38-34(18-26)35-19-27(45(53,54)55)4-10-39(35)69(38)42-13-23(22-68)1-7-32(42)33-8-2-24(25-14-30(48(62,63)64)17-31(15-25)49(65,66)67)16-43(33)70-40-11-5-28(46(56,57)58)20-36(40)37-21-29(47(59,60)61)6-12-41(37)70/h1-21H. The molecule has 0 radical (unpaired) electrons. The first kappa shape index (κ1) is 47.4. The molecule has 3 nitrogen and oxygen atoms in total. The van der Waals surface area contributed by atoms with Gasteiger partial charge in [0, 0.05) is 32.7 Å². The third-order valence-electron chi connectivity index (χ3n) is 11.7. The Kier molecular flexibility index (Phi) is 10.6. The second-order valence-corrected chi connectivity index (χ2v) is 16.0. The summed E-state index contributed by atoms with van der Waals surface area (Å²) in [4.78, 5) is 0. The van der Waals surface area contributed by atoms with Crippen LogP contribution in [0.1, 0.15) is 38.9 Å². The highest BCUT2D eigenvalue weighted by molar-refractivity contribution is 6.12. The second-order valence-electron chi connectivity index (χ2n) is 16.0. The quantitative estimate of drug-likeness (QED) is 0.162. The molecule has 0 aliphatic carbocycles. The fourth-order valence-corrected chi connectivity index (χ4v) is 8.53. The Balaban J connectivity index is 1.44. The lowest BCUT2D eigenvalue weighted by molar-refractivity contribution is -0.143. The van der Waals surface area contributed by atoms with E-state index < -0.39 is 92.3 Å². The number of nitriles is 1. The Morgan fingerprint density at radius 1 is 0.300 bits per heavy atom. The molecule has 0 atom stereocenters. The number of hydrogen-bond acceptors (Lipinski definition) is 1. The fraction of sp³-hybridized carbons (Fsp3) is 0.122. The summed E-state index contributed by atoms with van der Waals surface area (Å²) in [6.45, 7) is 0.